The van der Waals surface area contributed by atoms with Crippen LogP contribution in [0.2, 0.25) is 0 Å². The van der Waals surface area contributed by atoms with Crippen molar-refractivity contribution in [3.63, 3.8) is 0 Å². The third kappa shape index (κ3) is 72.2. The number of aliphatic hydroxyl groups is 3. The first-order valence-electron chi connectivity index (χ1n) is 8.98. The minimum absolute atomic E-state index is 0. The number of aliphatic carboxylic acids is 4. The fourth-order valence-corrected chi connectivity index (χ4v) is 1.10. The number of unbranched alkanes of at least 4 members (excludes halogenated alkanes) is 2. The molecule has 9 N–H and O–H groups in total. The fraction of sp³-hybridized carbons (Fsp3) is 0.765. The molecule has 0 unspecified atom stereocenters. The number of carboxylic acids is 4. The van der Waals surface area contributed by atoms with Crippen LogP contribution in [-0.4, -0.2) is 79.1 Å². The number of hydrogen-bond acceptors (Lipinski definition) is 8. The molecule has 0 aromatic heterocycles. The van der Waals surface area contributed by atoms with Gasteiger partial charge in [0.05, 0.1) is 25.7 Å². The monoisotopic (exact) mass is 465 g/mol. The van der Waals surface area contributed by atoms with E-state index in [-0.39, 0.29) is 44.7 Å². The third-order valence-corrected chi connectivity index (χ3v) is 2.53. The van der Waals surface area contributed by atoms with Crippen LogP contribution < -0.4 is 5.73 Å². The highest BCUT2D eigenvalue weighted by Crippen LogP contribution is 1.99. The molecule has 0 atom stereocenters. The van der Waals surface area contributed by atoms with Gasteiger partial charge in [-0.3, -0.25) is 19.2 Å². The first kappa shape index (κ1) is 38.6. The van der Waals surface area contributed by atoms with Gasteiger partial charge in [-0.05, 0) is 25.8 Å². The van der Waals surface area contributed by atoms with Crippen LogP contribution in [0, 0.1) is 0 Å². The second kappa shape index (κ2) is 31.7. The van der Waals surface area contributed by atoms with E-state index in [0.29, 0.717) is 13.0 Å². The maximum absolute atomic E-state index is 9.64. The summed E-state index contributed by atoms with van der Waals surface area (Å²) in [5.41, 5.74) is 4.98. The summed E-state index contributed by atoms with van der Waals surface area (Å²) in [4.78, 5) is 38.6. The van der Waals surface area contributed by atoms with Gasteiger partial charge in [-0.1, -0.05) is 19.8 Å². The molecule has 0 amide bonds. The van der Waals surface area contributed by atoms with Gasteiger partial charge < -0.3 is 41.5 Å². The highest BCUT2D eigenvalue weighted by atomic mass is 35.5. The Labute approximate surface area is 181 Å². The van der Waals surface area contributed by atoms with Gasteiger partial charge in [0.1, 0.15) is 0 Å². The molecule has 0 saturated carbocycles. The molecule has 12 nitrogen and oxygen atoms in total. The zero-order chi connectivity index (χ0) is 23.7. The molecule has 0 aromatic rings. The number of carbonyl (C=O) groups is 4. The highest BCUT2D eigenvalue weighted by Gasteiger charge is 2.01. The number of halogens is 1. The number of hydrogen-bond donors (Lipinski definition) is 8. The largest absolute Gasteiger partial charge is 0.481 e. The van der Waals surface area contributed by atoms with Gasteiger partial charge in [-0.2, -0.15) is 0 Å². The van der Waals surface area contributed by atoms with Gasteiger partial charge >= 0.3 is 23.9 Å². The van der Waals surface area contributed by atoms with Crippen LogP contribution in [0.1, 0.15) is 64.7 Å². The Kier molecular flexibility index (Phi) is 40.8. The molecule has 30 heavy (non-hydrogen) atoms. The third-order valence-electron chi connectivity index (χ3n) is 2.53. The van der Waals surface area contributed by atoms with Crippen LogP contribution in [0.4, 0.5) is 0 Å². The van der Waals surface area contributed by atoms with Crippen molar-refractivity contribution in [3.05, 3.63) is 0 Å². The van der Waals surface area contributed by atoms with Gasteiger partial charge in [0.25, 0.3) is 0 Å². The molecule has 0 aliphatic rings. The number of carboxylic acid groups (broad SMARTS) is 4. The lowest BCUT2D eigenvalue weighted by molar-refractivity contribution is -0.143. The van der Waals surface area contributed by atoms with Gasteiger partial charge in [-0.25, -0.2) is 0 Å². The van der Waals surface area contributed by atoms with E-state index in [1.165, 1.54) is 0 Å². The molecular formula is C17H36ClNO11. The van der Waals surface area contributed by atoms with E-state index >= 15 is 0 Å². The molecule has 0 rings (SSSR count). The summed E-state index contributed by atoms with van der Waals surface area (Å²) >= 11 is 0. The van der Waals surface area contributed by atoms with Crippen molar-refractivity contribution in [1.29, 1.82) is 0 Å². The minimum atomic E-state index is -1.10. The molecule has 0 radical (unpaired) electrons. The van der Waals surface area contributed by atoms with E-state index < -0.39 is 30.2 Å². The Bertz CT molecular complexity index is 363. The molecule has 0 aliphatic carbocycles. The maximum atomic E-state index is 9.64. The SMILES string of the molecule is CCCCCC(O)O.Cl.NCCCO.O=C(O)CCC(=O)O.O=C(O)CCC(=O)O. The quantitative estimate of drug-likeness (QED) is 0.145. The van der Waals surface area contributed by atoms with Gasteiger partial charge in [-0.15, -0.1) is 12.4 Å². The van der Waals surface area contributed by atoms with Gasteiger partial charge in [0.15, 0.2) is 6.29 Å². The molecular weight excluding hydrogens is 430 g/mol. The van der Waals surface area contributed by atoms with Crippen molar-refractivity contribution in [3.8, 4) is 0 Å². The van der Waals surface area contributed by atoms with Crippen molar-refractivity contribution in [2.24, 2.45) is 5.73 Å². The second-order valence-electron chi connectivity index (χ2n) is 5.42. The van der Waals surface area contributed by atoms with E-state index in [2.05, 4.69) is 6.92 Å². The Hall–Kier alpha value is -1.99. The number of aliphatic hydroxyl groups excluding tert-OH is 2. The normalized spacial score (nSPS) is 8.73. The van der Waals surface area contributed by atoms with Crippen molar-refractivity contribution in [2.75, 3.05) is 13.2 Å². The molecule has 0 aromatic carbocycles. The van der Waals surface area contributed by atoms with Gasteiger partial charge in [0.2, 0.25) is 0 Å². The molecule has 0 saturated heterocycles. The van der Waals surface area contributed by atoms with Crippen molar-refractivity contribution < 1.29 is 54.9 Å². The summed E-state index contributed by atoms with van der Waals surface area (Å²) in [7, 11) is 0. The highest BCUT2D eigenvalue weighted by molar-refractivity contribution is 5.85. The first-order valence-corrected chi connectivity index (χ1v) is 8.98. The van der Waals surface area contributed by atoms with Crippen molar-refractivity contribution in [2.45, 2.75) is 71.0 Å². The Morgan fingerprint density at radius 2 is 1.07 bits per heavy atom. The van der Waals surface area contributed by atoms with Crippen LogP contribution in [-0.2, 0) is 19.2 Å². The van der Waals surface area contributed by atoms with Crippen molar-refractivity contribution in [1.82, 2.24) is 0 Å². The summed E-state index contributed by atoms with van der Waals surface area (Å²) in [6.07, 6.45) is 2.11. The van der Waals surface area contributed by atoms with Crippen LogP contribution in [0.25, 0.3) is 0 Å². The van der Waals surface area contributed by atoms with Crippen LogP contribution in [0.15, 0.2) is 0 Å². The zero-order valence-electron chi connectivity index (χ0n) is 17.1. The van der Waals surface area contributed by atoms with E-state index in [4.69, 9.17) is 41.5 Å². The van der Waals surface area contributed by atoms with E-state index in [1.807, 2.05) is 0 Å². The molecule has 0 bridgehead atoms. The maximum Gasteiger partial charge on any atom is 0.303 e. The lowest BCUT2D eigenvalue weighted by Crippen LogP contribution is -2.02. The van der Waals surface area contributed by atoms with Gasteiger partial charge in [0, 0.05) is 6.61 Å². The average molecular weight is 466 g/mol. The predicted octanol–water partition coefficient (Wildman–Crippen LogP) is 0.498. The van der Waals surface area contributed by atoms with Crippen molar-refractivity contribution >= 4 is 36.3 Å². The number of rotatable bonds is 12. The topological polar surface area (TPSA) is 236 Å². The molecule has 182 valence electrons. The minimum Gasteiger partial charge on any atom is -0.481 e. The summed E-state index contributed by atoms with van der Waals surface area (Å²) in [6.45, 7) is 2.90. The molecule has 0 fully saturated rings. The smallest absolute Gasteiger partial charge is 0.303 e. The molecule has 0 aliphatic heterocycles. The standard InChI is InChI=1S/C6H14O2.2C4H6O4.C3H9NO.ClH/c1-2-3-4-5-6(7)8;2*5-3(6)1-2-4(7)8;4-2-1-3-5;/h6-8H,2-5H2,1H3;2*1-2H2,(H,5,6)(H,7,8);5H,1-4H2;1H. The Morgan fingerprint density at radius 3 is 1.20 bits per heavy atom. The first-order chi connectivity index (χ1) is 13.4. The number of nitrogens with two attached hydrogens (primary N) is 1. The van der Waals surface area contributed by atoms with Crippen LogP contribution >= 0.6 is 12.4 Å². The zero-order valence-corrected chi connectivity index (χ0v) is 17.9. The molecule has 0 spiro atoms. The van der Waals surface area contributed by atoms with E-state index in [9.17, 15) is 19.2 Å². The fourth-order valence-electron chi connectivity index (χ4n) is 1.10. The predicted molar refractivity (Wildman–Crippen MR) is 109 cm³/mol. The van der Waals surface area contributed by atoms with E-state index in [1.54, 1.807) is 0 Å². The average Bonchev–Trinajstić information content (AvgIpc) is 2.60. The summed E-state index contributed by atoms with van der Waals surface area (Å²) in [5.74, 6) is -4.31. The lowest BCUT2D eigenvalue weighted by Gasteiger charge is -1.99. The van der Waals surface area contributed by atoms with Crippen LogP contribution in [0.5, 0.6) is 0 Å². The Morgan fingerprint density at radius 1 is 0.733 bits per heavy atom. The summed E-state index contributed by atoms with van der Waals surface area (Å²) < 4.78 is 0. The molecule has 13 heteroatoms. The summed E-state index contributed by atoms with van der Waals surface area (Å²) in [6, 6.07) is 0. The molecule has 0 heterocycles. The second-order valence-corrected chi connectivity index (χ2v) is 5.42. The summed E-state index contributed by atoms with van der Waals surface area (Å²) in [5, 5.41) is 56.3. The lowest BCUT2D eigenvalue weighted by atomic mass is 10.2. The Balaban J connectivity index is -0.0000000929. The van der Waals surface area contributed by atoms with Crippen LogP contribution in [0.3, 0.4) is 0 Å². The van der Waals surface area contributed by atoms with E-state index in [0.717, 1.165) is 25.7 Å².